The standard InChI is InChI=1S/C18H23ClN2O2.ClH/c1-18(2,3)21-11-13-5-7-15(16(9-13)22-4)23-12-14-6-8-17(19)20-10-14;/h5-10,21H,11-12H2,1-4H3;1H. The Labute approximate surface area is 154 Å². The first-order chi connectivity index (χ1) is 10.9. The van der Waals surface area contributed by atoms with Gasteiger partial charge in [0, 0.05) is 23.8 Å². The summed E-state index contributed by atoms with van der Waals surface area (Å²) >= 11 is 5.78. The van der Waals surface area contributed by atoms with Gasteiger partial charge in [-0.2, -0.15) is 0 Å². The predicted octanol–water partition coefficient (Wildman–Crippen LogP) is 4.63. The van der Waals surface area contributed by atoms with E-state index in [4.69, 9.17) is 21.1 Å². The number of halogens is 2. The van der Waals surface area contributed by atoms with Crippen molar-refractivity contribution in [2.75, 3.05) is 7.11 Å². The number of pyridine rings is 1. The first kappa shape index (κ1) is 20.6. The first-order valence-electron chi connectivity index (χ1n) is 7.52. The summed E-state index contributed by atoms with van der Waals surface area (Å²) in [6, 6.07) is 9.61. The van der Waals surface area contributed by atoms with Crippen LogP contribution in [-0.2, 0) is 13.2 Å². The molecule has 0 aliphatic carbocycles. The molecule has 0 bridgehead atoms. The van der Waals surface area contributed by atoms with Crippen LogP contribution >= 0.6 is 24.0 Å². The molecule has 0 unspecified atom stereocenters. The van der Waals surface area contributed by atoms with Crippen molar-refractivity contribution < 1.29 is 9.47 Å². The maximum absolute atomic E-state index is 5.83. The van der Waals surface area contributed by atoms with Crippen molar-refractivity contribution in [2.45, 2.75) is 39.5 Å². The van der Waals surface area contributed by atoms with Gasteiger partial charge >= 0.3 is 0 Å². The van der Waals surface area contributed by atoms with Crippen molar-refractivity contribution in [1.29, 1.82) is 0 Å². The summed E-state index contributed by atoms with van der Waals surface area (Å²) in [5.41, 5.74) is 2.18. The summed E-state index contributed by atoms with van der Waals surface area (Å²) in [7, 11) is 1.65. The second kappa shape index (κ2) is 9.11. The number of hydrogen-bond donors (Lipinski definition) is 1. The Hall–Kier alpha value is -1.49. The zero-order chi connectivity index (χ0) is 16.9. The number of rotatable bonds is 6. The van der Waals surface area contributed by atoms with Gasteiger partial charge in [0.1, 0.15) is 11.8 Å². The van der Waals surface area contributed by atoms with Crippen molar-refractivity contribution in [1.82, 2.24) is 10.3 Å². The van der Waals surface area contributed by atoms with Crippen LogP contribution in [0.2, 0.25) is 5.15 Å². The molecule has 4 nitrogen and oxygen atoms in total. The summed E-state index contributed by atoms with van der Waals surface area (Å²) in [4.78, 5) is 4.04. The van der Waals surface area contributed by atoms with Gasteiger partial charge in [-0.25, -0.2) is 4.98 Å². The molecule has 0 saturated heterocycles. The molecule has 2 aromatic rings. The molecule has 0 radical (unpaired) electrons. The Balaban J connectivity index is 0.00000288. The number of nitrogens with zero attached hydrogens (tertiary/aromatic N) is 1. The fraction of sp³-hybridized carbons (Fsp3) is 0.389. The number of benzene rings is 1. The molecule has 0 aliphatic rings. The normalized spacial score (nSPS) is 10.9. The molecule has 0 atom stereocenters. The molecule has 1 N–H and O–H groups in total. The zero-order valence-electron chi connectivity index (χ0n) is 14.4. The number of nitrogens with one attached hydrogen (secondary N) is 1. The zero-order valence-corrected chi connectivity index (χ0v) is 16.0. The van der Waals surface area contributed by atoms with Gasteiger partial charge in [-0.1, -0.05) is 23.7 Å². The van der Waals surface area contributed by atoms with Gasteiger partial charge < -0.3 is 14.8 Å². The van der Waals surface area contributed by atoms with Gasteiger partial charge in [-0.05, 0) is 44.5 Å². The maximum Gasteiger partial charge on any atom is 0.161 e. The smallest absolute Gasteiger partial charge is 0.161 e. The van der Waals surface area contributed by atoms with Gasteiger partial charge in [-0.15, -0.1) is 12.4 Å². The molecule has 0 amide bonds. The summed E-state index contributed by atoms with van der Waals surface area (Å²) in [6.45, 7) is 7.62. The van der Waals surface area contributed by atoms with E-state index in [1.807, 2.05) is 24.3 Å². The van der Waals surface area contributed by atoms with E-state index in [1.165, 1.54) is 0 Å². The van der Waals surface area contributed by atoms with Crippen molar-refractivity contribution in [2.24, 2.45) is 0 Å². The van der Waals surface area contributed by atoms with E-state index >= 15 is 0 Å². The summed E-state index contributed by atoms with van der Waals surface area (Å²) in [5, 5.41) is 3.93. The second-order valence-electron chi connectivity index (χ2n) is 6.37. The van der Waals surface area contributed by atoms with Crippen LogP contribution in [0.1, 0.15) is 31.9 Å². The van der Waals surface area contributed by atoms with E-state index < -0.39 is 0 Å². The largest absolute Gasteiger partial charge is 0.493 e. The average molecular weight is 371 g/mol. The molecule has 6 heteroatoms. The van der Waals surface area contributed by atoms with E-state index in [-0.39, 0.29) is 17.9 Å². The molecule has 1 aromatic carbocycles. The third kappa shape index (κ3) is 6.56. The third-order valence-electron chi connectivity index (χ3n) is 3.23. The number of ether oxygens (including phenoxy) is 2. The lowest BCUT2D eigenvalue weighted by Crippen LogP contribution is -2.35. The third-order valence-corrected chi connectivity index (χ3v) is 3.46. The van der Waals surface area contributed by atoms with Gasteiger partial charge in [0.15, 0.2) is 11.5 Å². The van der Waals surface area contributed by atoms with E-state index in [0.717, 1.165) is 23.4 Å². The highest BCUT2D eigenvalue weighted by Crippen LogP contribution is 2.29. The van der Waals surface area contributed by atoms with Crippen LogP contribution in [0.3, 0.4) is 0 Å². The Morgan fingerprint density at radius 1 is 1.08 bits per heavy atom. The van der Waals surface area contributed by atoms with Crippen molar-refractivity contribution in [3.05, 3.63) is 52.8 Å². The van der Waals surface area contributed by atoms with E-state index in [9.17, 15) is 0 Å². The van der Waals surface area contributed by atoms with E-state index in [2.05, 4.69) is 31.1 Å². The lowest BCUT2D eigenvalue weighted by atomic mass is 10.1. The fourth-order valence-electron chi connectivity index (χ4n) is 1.96. The van der Waals surface area contributed by atoms with Crippen LogP contribution < -0.4 is 14.8 Å². The Kier molecular flexibility index (Phi) is 7.80. The molecule has 0 fully saturated rings. The minimum absolute atomic E-state index is 0. The van der Waals surface area contributed by atoms with Gasteiger partial charge in [0.25, 0.3) is 0 Å². The minimum atomic E-state index is 0. The van der Waals surface area contributed by atoms with Crippen LogP contribution in [-0.4, -0.2) is 17.6 Å². The van der Waals surface area contributed by atoms with Crippen LogP contribution in [0, 0.1) is 0 Å². The molecule has 1 aromatic heterocycles. The van der Waals surface area contributed by atoms with Gasteiger partial charge in [0.05, 0.1) is 7.11 Å². The van der Waals surface area contributed by atoms with Crippen molar-refractivity contribution in [3.8, 4) is 11.5 Å². The fourth-order valence-corrected chi connectivity index (χ4v) is 2.07. The molecule has 24 heavy (non-hydrogen) atoms. The molecule has 2 rings (SSSR count). The SMILES string of the molecule is COc1cc(CNC(C)(C)C)ccc1OCc1ccc(Cl)nc1.Cl. The average Bonchev–Trinajstić information content (AvgIpc) is 2.52. The molecule has 132 valence electrons. The molecule has 0 spiro atoms. The monoisotopic (exact) mass is 370 g/mol. The Morgan fingerprint density at radius 3 is 2.38 bits per heavy atom. The number of aromatic nitrogens is 1. The van der Waals surface area contributed by atoms with Crippen molar-refractivity contribution >= 4 is 24.0 Å². The highest BCUT2D eigenvalue weighted by atomic mass is 35.5. The quantitative estimate of drug-likeness (QED) is 0.752. The number of methoxy groups -OCH3 is 1. The highest BCUT2D eigenvalue weighted by Gasteiger charge is 2.11. The topological polar surface area (TPSA) is 43.4 Å². The second-order valence-corrected chi connectivity index (χ2v) is 6.75. The maximum atomic E-state index is 5.83. The highest BCUT2D eigenvalue weighted by molar-refractivity contribution is 6.29. The van der Waals surface area contributed by atoms with E-state index in [1.54, 1.807) is 19.4 Å². The van der Waals surface area contributed by atoms with Crippen LogP contribution in [0.25, 0.3) is 0 Å². The lowest BCUT2D eigenvalue weighted by Gasteiger charge is -2.21. The Morgan fingerprint density at radius 2 is 1.79 bits per heavy atom. The first-order valence-corrected chi connectivity index (χ1v) is 7.90. The van der Waals surface area contributed by atoms with Crippen LogP contribution in [0.4, 0.5) is 0 Å². The molecule has 0 aliphatic heterocycles. The summed E-state index contributed by atoms with van der Waals surface area (Å²) in [5.74, 6) is 1.43. The van der Waals surface area contributed by atoms with Gasteiger partial charge in [0.2, 0.25) is 0 Å². The molecular formula is C18H24Cl2N2O2. The van der Waals surface area contributed by atoms with Crippen molar-refractivity contribution in [3.63, 3.8) is 0 Å². The Bertz CT molecular complexity index is 640. The van der Waals surface area contributed by atoms with Gasteiger partial charge in [-0.3, -0.25) is 0 Å². The molecular weight excluding hydrogens is 347 g/mol. The molecule has 1 heterocycles. The van der Waals surface area contributed by atoms with Crippen LogP contribution in [0.5, 0.6) is 11.5 Å². The lowest BCUT2D eigenvalue weighted by molar-refractivity contribution is 0.284. The molecule has 0 saturated carbocycles. The van der Waals surface area contributed by atoms with Crippen LogP contribution in [0.15, 0.2) is 36.5 Å². The van der Waals surface area contributed by atoms with E-state index in [0.29, 0.717) is 17.5 Å². The predicted molar refractivity (Wildman–Crippen MR) is 100 cm³/mol. The summed E-state index contributed by atoms with van der Waals surface area (Å²) < 4.78 is 11.3. The minimum Gasteiger partial charge on any atom is -0.493 e. The number of hydrogen-bond acceptors (Lipinski definition) is 4. The summed E-state index contributed by atoms with van der Waals surface area (Å²) in [6.07, 6.45) is 1.70.